The van der Waals surface area contributed by atoms with Gasteiger partial charge >= 0.3 is 0 Å². The van der Waals surface area contributed by atoms with Gasteiger partial charge in [0.1, 0.15) is 19.0 Å². The molecule has 1 N–H and O–H groups in total. The Morgan fingerprint density at radius 2 is 1.93 bits per heavy atom. The number of carbonyl (C=O) groups is 2. The molecule has 2 heterocycles. The Morgan fingerprint density at radius 3 is 2.70 bits per heavy atom. The van der Waals surface area contributed by atoms with Crippen molar-refractivity contribution in [3.8, 4) is 11.5 Å². The second-order valence-corrected chi connectivity index (χ2v) is 6.71. The lowest BCUT2D eigenvalue weighted by molar-refractivity contribution is -0.122. The molecule has 2 amide bonds. The van der Waals surface area contributed by atoms with Crippen LogP contribution in [0.2, 0.25) is 0 Å². The first-order chi connectivity index (χ1) is 13.0. The third-order valence-corrected chi connectivity index (χ3v) is 4.72. The highest BCUT2D eigenvalue weighted by atomic mass is 19.1. The van der Waals surface area contributed by atoms with E-state index in [-0.39, 0.29) is 30.5 Å². The molecule has 7 heteroatoms. The van der Waals surface area contributed by atoms with Gasteiger partial charge in [0.05, 0.1) is 11.6 Å². The lowest BCUT2D eigenvalue weighted by Gasteiger charge is -2.22. The number of carbonyl (C=O) groups excluding carboxylic acids is 2. The number of fused-ring (bicyclic) bond motifs is 1. The summed E-state index contributed by atoms with van der Waals surface area (Å²) in [4.78, 5) is 26.5. The molecule has 4 rings (SSSR count). The molecule has 1 saturated heterocycles. The normalized spacial score (nSPS) is 18.5. The number of benzene rings is 2. The number of amides is 2. The Bertz CT molecular complexity index is 915. The minimum atomic E-state index is -0.550. The van der Waals surface area contributed by atoms with Crippen LogP contribution in [0, 0.1) is 18.7 Å². The van der Waals surface area contributed by atoms with Gasteiger partial charge in [-0.1, -0.05) is 6.07 Å². The van der Waals surface area contributed by atoms with Crippen LogP contribution >= 0.6 is 0 Å². The van der Waals surface area contributed by atoms with Crippen molar-refractivity contribution in [2.24, 2.45) is 5.92 Å². The second kappa shape index (κ2) is 6.90. The quantitative estimate of drug-likeness (QED) is 0.902. The highest BCUT2D eigenvalue weighted by Crippen LogP contribution is 2.36. The molecule has 2 aliphatic heterocycles. The Balaban J connectivity index is 1.48. The van der Waals surface area contributed by atoms with E-state index < -0.39 is 11.7 Å². The smallest absolute Gasteiger partial charge is 0.229 e. The first-order valence-electron chi connectivity index (χ1n) is 8.78. The van der Waals surface area contributed by atoms with Crippen molar-refractivity contribution in [2.45, 2.75) is 13.3 Å². The number of anilines is 2. The van der Waals surface area contributed by atoms with Crippen molar-refractivity contribution in [1.29, 1.82) is 0 Å². The number of halogens is 1. The van der Waals surface area contributed by atoms with Crippen molar-refractivity contribution in [3.63, 3.8) is 0 Å². The first kappa shape index (κ1) is 17.3. The fourth-order valence-electron chi connectivity index (χ4n) is 3.29. The van der Waals surface area contributed by atoms with Gasteiger partial charge in [0.25, 0.3) is 0 Å². The Kier molecular flexibility index (Phi) is 4.43. The third-order valence-electron chi connectivity index (χ3n) is 4.72. The van der Waals surface area contributed by atoms with E-state index in [4.69, 9.17) is 9.47 Å². The molecule has 27 heavy (non-hydrogen) atoms. The van der Waals surface area contributed by atoms with Crippen LogP contribution in [-0.2, 0) is 9.59 Å². The number of ether oxygens (including phenoxy) is 2. The minimum absolute atomic E-state index is 0.0771. The van der Waals surface area contributed by atoms with Gasteiger partial charge < -0.3 is 19.7 Å². The predicted molar refractivity (Wildman–Crippen MR) is 97.7 cm³/mol. The highest BCUT2D eigenvalue weighted by Gasteiger charge is 2.35. The number of aryl methyl sites for hydroxylation is 1. The fourth-order valence-corrected chi connectivity index (χ4v) is 3.29. The molecule has 0 radical (unpaired) electrons. The van der Waals surface area contributed by atoms with Crippen molar-refractivity contribution in [1.82, 2.24) is 0 Å². The SMILES string of the molecule is Cc1ccc(NC(=O)[C@H]2CC(=O)N(c3ccc4c(c3)OCCO4)C2)c(F)c1. The minimum Gasteiger partial charge on any atom is -0.486 e. The maximum atomic E-state index is 14.0. The standard InChI is InChI=1S/C20H19FN2O4/c1-12-2-4-16(15(21)8-12)22-20(25)13-9-19(24)23(11-13)14-3-5-17-18(10-14)27-7-6-26-17/h2-5,8,10,13H,6-7,9,11H2,1H3,(H,22,25)/t13-/m0/s1. The van der Waals surface area contributed by atoms with Gasteiger partial charge in [0.15, 0.2) is 11.5 Å². The molecule has 0 bridgehead atoms. The lowest BCUT2D eigenvalue weighted by Crippen LogP contribution is -2.28. The van der Waals surface area contributed by atoms with E-state index in [2.05, 4.69) is 5.32 Å². The Labute approximate surface area is 155 Å². The van der Waals surface area contributed by atoms with E-state index in [1.807, 2.05) is 0 Å². The monoisotopic (exact) mass is 370 g/mol. The van der Waals surface area contributed by atoms with E-state index in [1.165, 1.54) is 12.1 Å². The second-order valence-electron chi connectivity index (χ2n) is 6.71. The molecule has 1 atom stereocenters. The van der Waals surface area contributed by atoms with Crippen molar-refractivity contribution < 1.29 is 23.5 Å². The number of hydrogen-bond acceptors (Lipinski definition) is 4. The largest absolute Gasteiger partial charge is 0.486 e. The van der Waals surface area contributed by atoms with Crippen LogP contribution in [0.25, 0.3) is 0 Å². The summed E-state index contributed by atoms with van der Waals surface area (Å²) >= 11 is 0. The van der Waals surface area contributed by atoms with Gasteiger partial charge in [-0.05, 0) is 36.8 Å². The van der Waals surface area contributed by atoms with Crippen LogP contribution in [0.15, 0.2) is 36.4 Å². The molecule has 0 unspecified atom stereocenters. The topological polar surface area (TPSA) is 67.9 Å². The van der Waals surface area contributed by atoms with Gasteiger partial charge in [0, 0.05) is 24.7 Å². The average molecular weight is 370 g/mol. The van der Waals surface area contributed by atoms with Crippen LogP contribution < -0.4 is 19.7 Å². The zero-order valence-corrected chi connectivity index (χ0v) is 14.8. The zero-order chi connectivity index (χ0) is 19.0. The molecule has 140 valence electrons. The predicted octanol–water partition coefficient (Wildman–Crippen LogP) is 2.90. The summed E-state index contributed by atoms with van der Waals surface area (Å²) in [6, 6.07) is 9.87. The summed E-state index contributed by atoms with van der Waals surface area (Å²) in [5.74, 6) is -0.341. The van der Waals surface area contributed by atoms with Gasteiger partial charge in [-0.3, -0.25) is 9.59 Å². The summed E-state index contributed by atoms with van der Waals surface area (Å²) < 4.78 is 25.0. The summed E-state index contributed by atoms with van der Waals surface area (Å²) in [6.45, 7) is 2.96. The molecule has 2 aromatic rings. The zero-order valence-electron chi connectivity index (χ0n) is 14.8. The molecule has 2 aliphatic rings. The molecule has 0 saturated carbocycles. The molecule has 6 nitrogen and oxygen atoms in total. The van der Waals surface area contributed by atoms with Crippen LogP contribution in [-0.4, -0.2) is 31.6 Å². The highest BCUT2D eigenvalue weighted by molar-refractivity contribution is 6.03. The summed E-state index contributed by atoms with van der Waals surface area (Å²) in [6.07, 6.45) is 0.0771. The van der Waals surface area contributed by atoms with E-state index >= 15 is 0 Å². The van der Waals surface area contributed by atoms with Crippen LogP contribution in [0.5, 0.6) is 11.5 Å². The fraction of sp³-hybridized carbons (Fsp3) is 0.300. The first-order valence-corrected chi connectivity index (χ1v) is 8.78. The van der Waals surface area contributed by atoms with Gasteiger partial charge in [-0.15, -0.1) is 0 Å². The lowest BCUT2D eigenvalue weighted by atomic mass is 10.1. The molecule has 0 aliphatic carbocycles. The number of nitrogens with one attached hydrogen (secondary N) is 1. The molecule has 1 fully saturated rings. The van der Waals surface area contributed by atoms with Crippen molar-refractivity contribution in [3.05, 3.63) is 47.8 Å². The average Bonchev–Trinajstić information content (AvgIpc) is 3.05. The van der Waals surface area contributed by atoms with E-state index in [9.17, 15) is 14.0 Å². The summed E-state index contributed by atoms with van der Waals surface area (Å²) in [5.41, 5.74) is 1.54. The molecular weight excluding hydrogens is 351 g/mol. The van der Waals surface area contributed by atoms with E-state index in [0.717, 1.165) is 5.56 Å². The number of rotatable bonds is 3. The Morgan fingerprint density at radius 1 is 1.15 bits per heavy atom. The van der Waals surface area contributed by atoms with Gasteiger partial charge in [-0.2, -0.15) is 0 Å². The van der Waals surface area contributed by atoms with Gasteiger partial charge in [-0.25, -0.2) is 4.39 Å². The molecule has 2 aromatic carbocycles. The third kappa shape index (κ3) is 3.45. The van der Waals surface area contributed by atoms with Crippen LogP contribution in [0.1, 0.15) is 12.0 Å². The van der Waals surface area contributed by atoms with Crippen LogP contribution in [0.3, 0.4) is 0 Å². The van der Waals surface area contributed by atoms with Gasteiger partial charge in [0.2, 0.25) is 11.8 Å². The summed E-state index contributed by atoms with van der Waals surface area (Å²) in [5, 5.41) is 2.58. The molecule has 0 aromatic heterocycles. The maximum Gasteiger partial charge on any atom is 0.229 e. The van der Waals surface area contributed by atoms with E-state index in [0.29, 0.717) is 30.4 Å². The van der Waals surface area contributed by atoms with Crippen LogP contribution in [0.4, 0.5) is 15.8 Å². The summed E-state index contributed by atoms with van der Waals surface area (Å²) in [7, 11) is 0. The maximum absolute atomic E-state index is 14.0. The number of hydrogen-bond donors (Lipinski definition) is 1. The molecule has 0 spiro atoms. The van der Waals surface area contributed by atoms with Crippen molar-refractivity contribution in [2.75, 3.05) is 30.0 Å². The number of nitrogens with zero attached hydrogens (tertiary/aromatic N) is 1. The Hall–Kier alpha value is -3.09. The molecular formula is C20H19FN2O4. The van der Waals surface area contributed by atoms with Crippen molar-refractivity contribution >= 4 is 23.2 Å². The van der Waals surface area contributed by atoms with E-state index in [1.54, 1.807) is 36.1 Å².